The van der Waals surface area contributed by atoms with Crippen molar-refractivity contribution in [2.75, 3.05) is 18.5 Å². The summed E-state index contributed by atoms with van der Waals surface area (Å²) >= 11 is 0. The topological polar surface area (TPSA) is 72.3 Å². The minimum atomic E-state index is -0.893. The quantitative estimate of drug-likeness (QED) is 0.860. The Labute approximate surface area is 118 Å². The third-order valence-corrected chi connectivity index (χ3v) is 4.41. The summed E-state index contributed by atoms with van der Waals surface area (Å²) in [4.78, 5) is 13.4. The van der Waals surface area contributed by atoms with E-state index in [1.165, 1.54) is 6.07 Å². The molecule has 1 fully saturated rings. The highest BCUT2D eigenvalue weighted by molar-refractivity contribution is 5.85. The van der Waals surface area contributed by atoms with Crippen LogP contribution in [0.1, 0.15) is 25.7 Å². The van der Waals surface area contributed by atoms with Gasteiger partial charge in [-0.2, -0.15) is 0 Å². The monoisotopic (exact) mass is 279 g/mol. The number of rotatable bonds is 5. The molecule has 2 rings (SSSR count). The normalized spacial score (nSPS) is 25.6. The van der Waals surface area contributed by atoms with Crippen molar-refractivity contribution in [2.24, 2.45) is 17.4 Å². The molecule has 1 aromatic rings. The molecule has 1 aliphatic rings. The molecule has 4 nitrogen and oxygen atoms in total. The van der Waals surface area contributed by atoms with Gasteiger partial charge in [-0.1, -0.05) is 18.6 Å². The molecule has 5 heteroatoms. The molecule has 1 aromatic carbocycles. The third kappa shape index (κ3) is 2.77. The number of primary amides is 1. The fourth-order valence-corrected chi connectivity index (χ4v) is 3.06. The maximum atomic E-state index is 13.7. The highest BCUT2D eigenvalue weighted by Crippen LogP contribution is 2.36. The molecule has 0 aliphatic heterocycles. The molecule has 4 N–H and O–H groups in total. The molecule has 0 radical (unpaired) electrons. The molecule has 0 saturated heterocycles. The van der Waals surface area contributed by atoms with E-state index in [0.29, 0.717) is 18.7 Å². The first-order valence-electron chi connectivity index (χ1n) is 6.99. The Balaban J connectivity index is 1.99. The van der Waals surface area contributed by atoms with Gasteiger partial charge in [0, 0.05) is 13.6 Å². The molecule has 2 unspecified atom stereocenters. The first-order valence-corrected chi connectivity index (χ1v) is 6.99. The maximum Gasteiger partial charge on any atom is 0.237 e. The van der Waals surface area contributed by atoms with Crippen molar-refractivity contribution in [3.63, 3.8) is 0 Å². The smallest absolute Gasteiger partial charge is 0.237 e. The van der Waals surface area contributed by atoms with Gasteiger partial charge in [-0.05, 0) is 37.3 Å². The fraction of sp³-hybridized carbons (Fsp3) is 0.533. The Morgan fingerprint density at radius 1 is 1.50 bits per heavy atom. The van der Waals surface area contributed by atoms with Crippen molar-refractivity contribution in [1.29, 1.82) is 0 Å². The van der Waals surface area contributed by atoms with E-state index < -0.39 is 11.4 Å². The lowest BCUT2D eigenvalue weighted by Gasteiger charge is -2.30. The van der Waals surface area contributed by atoms with Gasteiger partial charge < -0.3 is 16.4 Å². The van der Waals surface area contributed by atoms with E-state index in [4.69, 9.17) is 11.5 Å². The van der Waals surface area contributed by atoms with Crippen LogP contribution in [0.5, 0.6) is 0 Å². The van der Waals surface area contributed by atoms with Gasteiger partial charge in [0.1, 0.15) is 5.82 Å². The Kier molecular flexibility index (Phi) is 4.28. The van der Waals surface area contributed by atoms with Gasteiger partial charge in [0.05, 0.1) is 11.2 Å². The molecule has 1 aliphatic carbocycles. The van der Waals surface area contributed by atoms with Crippen LogP contribution in [0, 0.1) is 11.7 Å². The largest absolute Gasteiger partial charge is 0.372 e. The first kappa shape index (κ1) is 14.8. The van der Waals surface area contributed by atoms with Crippen LogP contribution in [0.2, 0.25) is 0 Å². The molecule has 20 heavy (non-hydrogen) atoms. The number of hydrogen-bond donors (Lipinski definition) is 2. The summed E-state index contributed by atoms with van der Waals surface area (Å²) in [5.74, 6) is -0.585. The van der Waals surface area contributed by atoms with Crippen LogP contribution in [0.15, 0.2) is 24.3 Å². The number of amides is 1. The van der Waals surface area contributed by atoms with E-state index in [1.54, 1.807) is 18.2 Å². The Hall–Kier alpha value is -1.62. The van der Waals surface area contributed by atoms with Crippen LogP contribution in [0.25, 0.3) is 0 Å². The summed E-state index contributed by atoms with van der Waals surface area (Å²) in [6.07, 6.45) is 3.22. The minimum Gasteiger partial charge on any atom is -0.372 e. The summed E-state index contributed by atoms with van der Waals surface area (Å²) in [6.45, 7) is 0.651. The average Bonchev–Trinajstić information content (AvgIpc) is 2.79. The van der Waals surface area contributed by atoms with Crippen molar-refractivity contribution in [3.8, 4) is 0 Å². The van der Waals surface area contributed by atoms with Crippen molar-refractivity contribution >= 4 is 11.6 Å². The molecule has 0 spiro atoms. The fourth-order valence-electron chi connectivity index (χ4n) is 3.06. The summed E-state index contributed by atoms with van der Waals surface area (Å²) in [5, 5.41) is 0. The summed E-state index contributed by atoms with van der Waals surface area (Å²) in [6, 6.07) is 6.66. The van der Waals surface area contributed by atoms with E-state index in [0.717, 1.165) is 19.3 Å². The molecule has 110 valence electrons. The zero-order valence-corrected chi connectivity index (χ0v) is 11.8. The second-order valence-electron chi connectivity index (χ2n) is 5.66. The lowest BCUT2D eigenvalue weighted by molar-refractivity contribution is -0.124. The molecular formula is C15H22FN3O. The number of para-hydroxylation sites is 1. The SMILES string of the molecule is CN(CCC1CCCC1(N)C(N)=O)c1ccccc1F. The summed E-state index contributed by atoms with van der Waals surface area (Å²) < 4.78 is 13.7. The van der Waals surface area contributed by atoms with Gasteiger partial charge in [-0.3, -0.25) is 4.79 Å². The highest BCUT2D eigenvalue weighted by atomic mass is 19.1. The predicted octanol–water partition coefficient (Wildman–Crippen LogP) is 1.63. The molecule has 0 bridgehead atoms. The summed E-state index contributed by atoms with van der Waals surface area (Å²) in [5.41, 5.74) is 11.2. The lowest BCUT2D eigenvalue weighted by atomic mass is 9.85. The first-order chi connectivity index (χ1) is 9.45. The third-order valence-electron chi connectivity index (χ3n) is 4.41. The van der Waals surface area contributed by atoms with Gasteiger partial charge in [0.25, 0.3) is 0 Å². The Morgan fingerprint density at radius 3 is 2.85 bits per heavy atom. The number of hydrogen-bond acceptors (Lipinski definition) is 3. The van der Waals surface area contributed by atoms with Gasteiger partial charge in [-0.15, -0.1) is 0 Å². The van der Waals surface area contributed by atoms with Crippen LogP contribution in [0.4, 0.5) is 10.1 Å². The number of anilines is 1. The van der Waals surface area contributed by atoms with E-state index in [9.17, 15) is 9.18 Å². The van der Waals surface area contributed by atoms with E-state index in [1.807, 2.05) is 11.9 Å². The molecule has 2 atom stereocenters. The van der Waals surface area contributed by atoms with Crippen molar-refractivity contribution in [1.82, 2.24) is 0 Å². The molecular weight excluding hydrogens is 257 g/mol. The zero-order valence-electron chi connectivity index (χ0n) is 11.8. The molecule has 0 aromatic heterocycles. The van der Waals surface area contributed by atoms with Crippen LogP contribution in [-0.2, 0) is 4.79 Å². The van der Waals surface area contributed by atoms with E-state index >= 15 is 0 Å². The van der Waals surface area contributed by atoms with Crippen LogP contribution >= 0.6 is 0 Å². The molecule has 1 amide bonds. The number of carbonyl (C=O) groups is 1. The average molecular weight is 279 g/mol. The highest BCUT2D eigenvalue weighted by Gasteiger charge is 2.43. The number of carbonyl (C=O) groups excluding carboxylic acids is 1. The number of nitrogens with two attached hydrogens (primary N) is 2. The Bertz CT molecular complexity index is 494. The number of nitrogens with zero attached hydrogens (tertiary/aromatic N) is 1. The van der Waals surface area contributed by atoms with Gasteiger partial charge >= 0.3 is 0 Å². The van der Waals surface area contributed by atoms with Crippen molar-refractivity contribution in [3.05, 3.63) is 30.1 Å². The molecule has 0 heterocycles. The second kappa shape index (κ2) is 5.79. The number of benzene rings is 1. The predicted molar refractivity (Wildman–Crippen MR) is 77.7 cm³/mol. The van der Waals surface area contributed by atoms with Crippen LogP contribution in [0.3, 0.4) is 0 Å². The minimum absolute atomic E-state index is 0.0780. The lowest BCUT2D eigenvalue weighted by Crippen LogP contribution is -2.55. The van der Waals surface area contributed by atoms with Gasteiger partial charge in [0.15, 0.2) is 0 Å². The summed E-state index contributed by atoms with van der Waals surface area (Å²) in [7, 11) is 1.84. The molecule has 1 saturated carbocycles. The van der Waals surface area contributed by atoms with E-state index in [-0.39, 0.29) is 11.7 Å². The van der Waals surface area contributed by atoms with Crippen molar-refractivity contribution < 1.29 is 9.18 Å². The van der Waals surface area contributed by atoms with Gasteiger partial charge in [-0.25, -0.2) is 4.39 Å². The zero-order chi connectivity index (χ0) is 14.8. The van der Waals surface area contributed by atoms with Crippen LogP contribution < -0.4 is 16.4 Å². The van der Waals surface area contributed by atoms with Crippen molar-refractivity contribution in [2.45, 2.75) is 31.2 Å². The Morgan fingerprint density at radius 2 is 2.20 bits per heavy atom. The maximum absolute atomic E-state index is 13.7. The van der Waals surface area contributed by atoms with Crippen LogP contribution in [-0.4, -0.2) is 25.0 Å². The van der Waals surface area contributed by atoms with Gasteiger partial charge in [0.2, 0.25) is 5.91 Å². The standard InChI is InChI=1S/C15H22FN3O/c1-19(13-7-3-2-6-12(13)16)10-8-11-5-4-9-15(11,18)14(17)20/h2-3,6-7,11H,4-5,8-10,18H2,1H3,(H2,17,20). The second-order valence-corrected chi connectivity index (χ2v) is 5.66. The number of halogens is 1. The van der Waals surface area contributed by atoms with E-state index in [2.05, 4.69) is 0 Å².